The van der Waals surface area contributed by atoms with Crippen molar-refractivity contribution < 1.29 is 0 Å². The van der Waals surface area contributed by atoms with Crippen molar-refractivity contribution in [2.24, 2.45) is 0 Å². The second kappa shape index (κ2) is 16.4. The summed E-state index contributed by atoms with van der Waals surface area (Å²) in [5.41, 5.74) is 27.2. The minimum absolute atomic E-state index is 0.0264. The van der Waals surface area contributed by atoms with E-state index < -0.39 is 5.41 Å². The maximum absolute atomic E-state index is 2.59. The predicted octanol–water partition coefficient (Wildman–Crippen LogP) is 19.3. The summed E-state index contributed by atoms with van der Waals surface area (Å²) >= 11 is 0. The van der Waals surface area contributed by atoms with Crippen LogP contribution in [0.1, 0.15) is 143 Å². The van der Waals surface area contributed by atoms with Crippen molar-refractivity contribution >= 4 is 17.1 Å². The molecule has 1 spiro atoms. The molecule has 4 aliphatic carbocycles. The maximum Gasteiger partial charge on any atom is 0.0714 e. The Morgan fingerprint density at radius 2 is 0.808 bits per heavy atom. The molecule has 4 aliphatic rings. The summed E-state index contributed by atoms with van der Waals surface area (Å²) in [5, 5.41) is 0. The highest BCUT2D eigenvalue weighted by Crippen LogP contribution is 2.60. The third kappa shape index (κ3) is 6.80. The van der Waals surface area contributed by atoms with Gasteiger partial charge in [0, 0.05) is 27.9 Å². The Labute approximate surface area is 434 Å². The van der Waals surface area contributed by atoms with Gasteiger partial charge < -0.3 is 4.90 Å². The molecule has 0 amide bonds. The largest absolute Gasteiger partial charge is 0.310 e. The van der Waals surface area contributed by atoms with Gasteiger partial charge >= 0.3 is 0 Å². The lowest BCUT2D eigenvalue weighted by atomic mass is 9.66. The normalized spacial score (nSPS) is 16.3. The summed E-state index contributed by atoms with van der Waals surface area (Å²) in [6.07, 6.45) is 6.21. The zero-order valence-corrected chi connectivity index (χ0v) is 44.0. The summed E-state index contributed by atoms with van der Waals surface area (Å²) in [6, 6.07) is 77.9. The molecule has 1 nitrogen and oxygen atoms in total. The minimum Gasteiger partial charge on any atom is -0.310 e. The third-order valence-corrected chi connectivity index (χ3v) is 17.8. The Balaban J connectivity index is 1.05. The van der Waals surface area contributed by atoms with Crippen LogP contribution in [-0.4, -0.2) is 0 Å². The fraction of sp³-hybridized carbons (Fsp3) is 0.250. The Hall–Kier alpha value is -7.22. The van der Waals surface area contributed by atoms with Crippen molar-refractivity contribution in [3.63, 3.8) is 0 Å². The van der Waals surface area contributed by atoms with Gasteiger partial charge in [-0.25, -0.2) is 0 Å². The van der Waals surface area contributed by atoms with E-state index >= 15 is 0 Å². The van der Waals surface area contributed by atoms with E-state index in [0.29, 0.717) is 0 Å². The maximum atomic E-state index is 2.59. The average molecular weight is 946 g/mol. The molecule has 0 aliphatic heterocycles. The lowest BCUT2D eigenvalue weighted by Gasteiger charge is -2.37. The molecule has 13 rings (SSSR count). The monoisotopic (exact) mass is 946 g/mol. The highest BCUT2D eigenvalue weighted by atomic mass is 15.1. The van der Waals surface area contributed by atoms with E-state index in [1.165, 1.54) is 138 Å². The summed E-state index contributed by atoms with van der Waals surface area (Å²) < 4.78 is 0. The van der Waals surface area contributed by atoms with Crippen LogP contribution in [0.5, 0.6) is 0 Å². The van der Waals surface area contributed by atoms with Crippen molar-refractivity contribution in [3.8, 4) is 44.5 Å². The van der Waals surface area contributed by atoms with Crippen LogP contribution in [-0.2, 0) is 27.1 Å². The van der Waals surface area contributed by atoms with Crippen molar-refractivity contribution in [2.75, 3.05) is 4.90 Å². The van der Waals surface area contributed by atoms with Crippen molar-refractivity contribution in [1.29, 1.82) is 0 Å². The van der Waals surface area contributed by atoms with Crippen LogP contribution in [0.25, 0.3) is 44.5 Å². The number of rotatable bonds is 6. The molecule has 0 atom stereocenters. The van der Waals surface area contributed by atoms with Gasteiger partial charge in [0.2, 0.25) is 0 Å². The van der Waals surface area contributed by atoms with E-state index in [1.807, 2.05) is 0 Å². The highest BCUT2D eigenvalue weighted by molar-refractivity contribution is 5.92. The SMILES string of the molecule is CC(C)(C)c1cccc(C2(c3cccc(C(C)(C)C)c3)c3ccccc3-c3ccc(N(c4ccc(-c5cccc6c5C(C)(C)c5ccccc5-6)cc4)c4ccc5c(c4)C4(CCCCC4)c4ccccc4-5)cc32)c1. The number of benzene rings is 9. The second-order valence-electron chi connectivity index (χ2n) is 24.4. The van der Waals surface area contributed by atoms with Crippen LogP contribution >= 0.6 is 0 Å². The molecule has 9 aromatic rings. The minimum atomic E-state index is -0.580. The first-order valence-electron chi connectivity index (χ1n) is 27.0. The number of hydrogen-bond donors (Lipinski definition) is 0. The molecule has 0 heterocycles. The molecule has 9 aromatic carbocycles. The lowest BCUT2D eigenvalue weighted by molar-refractivity contribution is 0.353. The standard InChI is InChI=1S/C72H67N/c1-68(2,3)48-21-18-23-50(43-48)72(51-24-19-22-49(44-51)69(4,5)6)64-32-15-12-26-57(64)60-40-38-54(46-66(60)72)73(53-37-39-59-56-25-11-14-31-63(56)71(65(59)45-53)41-16-9-17-42-71)52-35-33-47(34-36-52)55-28-20-29-61-58-27-10-13-30-62(58)70(7,8)67(55)61/h10-15,18-40,43-46H,9,16-17,41-42H2,1-8H3. The van der Waals surface area contributed by atoms with E-state index in [-0.39, 0.29) is 21.7 Å². The molecule has 0 aromatic heterocycles. The smallest absolute Gasteiger partial charge is 0.0714 e. The van der Waals surface area contributed by atoms with E-state index in [1.54, 1.807) is 0 Å². The van der Waals surface area contributed by atoms with Crippen LogP contribution in [0.15, 0.2) is 200 Å². The first kappa shape index (κ1) is 45.6. The van der Waals surface area contributed by atoms with Gasteiger partial charge in [-0.1, -0.05) is 238 Å². The Kier molecular flexibility index (Phi) is 10.2. The fourth-order valence-electron chi connectivity index (χ4n) is 14.2. The van der Waals surface area contributed by atoms with Gasteiger partial charge in [0.1, 0.15) is 0 Å². The van der Waals surface area contributed by atoms with E-state index in [2.05, 4.69) is 260 Å². The average Bonchev–Trinajstić information content (AvgIpc) is 3.96. The van der Waals surface area contributed by atoms with Gasteiger partial charge in [-0.05, 0) is 160 Å². The van der Waals surface area contributed by atoms with Crippen LogP contribution in [0.3, 0.4) is 0 Å². The van der Waals surface area contributed by atoms with Gasteiger partial charge in [-0.15, -0.1) is 0 Å². The molecule has 73 heavy (non-hydrogen) atoms. The van der Waals surface area contributed by atoms with Crippen LogP contribution in [0.4, 0.5) is 17.1 Å². The van der Waals surface area contributed by atoms with Crippen LogP contribution in [0.2, 0.25) is 0 Å². The van der Waals surface area contributed by atoms with E-state index in [0.717, 1.165) is 11.4 Å². The molecule has 0 N–H and O–H groups in total. The van der Waals surface area contributed by atoms with Gasteiger partial charge in [0.15, 0.2) is 0 Å². The zero-order valence-electron chi connectivity index (χ0n) is 44.0. The molecule has 0 unspecified atom stereocenters. The molecule has 1 heteroatoms. The number of hydrogen-bond acceptors (Lipinski definition) is 1. The lowest BCUT2D eigenvalue weighted by Crippen LogP contribution is -2.30. The summed E-state index contributed by atoms with van der Waals surface area (Å²) in [7, 11) is 0. The van der Waals surface area contributed by atoms with Crippen molar-refractivity contribution in [3.05, 3.63) is 256 Å². The summed E-state index contributed by atoms with van der Waals surface area (Å²) in [6.45, 7) is 18.8. The molecule has 0 bridgehead atoms. The van der Waals surface area contributed by atoms with Gasteiger partial charge in [0.05, 0.1) is 5.41 Å². The van der Waals surface area contributed by atoms with Crippen molar-refractivity contribution in [1.82, 2.24) is 0 Å². The van der Waals surface area contributed by atoms with Gasteiger partial charge in [-0.3, -0.25) is 0 Å². The molecule has 1 fully saturated rings. The van der Waals surface area contributed by atoms with Crippen molar-refractivity contribution in [2.45, 2.75) is 115 Å². The summed E-state index contributed by atoms with van der Waals surface area (Å²) in [4.78, 5) is 2.57. The van der Waals surface area contributed by atoms with E-state index in [9.17, 15) is 0 Å². The highest BCUT2D eigenvalue weighted by Gasteiger charge is 2.48. The molecule has 0 radical (unpaired) electrons. The predicted molar refractivity (Wildman–Crippen MR) is 308 cm³/mol. The Morgan fingerprint density at radius 1 is 0.356 bits per heavy atom. The Bertz CT molecular complexity index is 3600. The van der Waals surface area contributed by atoms with E-state index in [4.69, 9.17) is 0 Å². The van der Waals surface area contributed by atoms with Crippen LogP contribution < -0.4 is 4.90 Å². The molecule has 1 saturated carbocycles. The molecular formula is C72H67N. The van der Waals surface area contributed by atoms with Gasteiger partial charge in [0.25, 0.3) is 0 Å². The fourth-order valence-corrected chi connectivity index (χ4v) is 14.2. The number of nitrogens with zero attached hydrogens (tertiary/aromatic N) is 1. The molecule has 0 saturated heterocycles. The third-order valence-electron chi connectivity index (χ3n) is 17.8. The topological polar surface area (TPSA) is 3.24 Å². The number of anilines is 3. The first-order chi connectivity index (χ1) is 35.2. The summed E-state index contributed by atoms with van der Waals surface area (Å²) in [5.74, 6) is 0. The number of fused-ring (bicyclic) bond motifs is 11. The Morgan fingerprint density at radius 3 is 1.41 bits per heavy atom. The van der Waals surface area contributed by atoms with Crippen LogP contribution in [0, 0.1) is 0 Å². The molecule has 360 valence electrons. The quantitative estimate of drug-likeness (QED) is 0.161. The molecular weight excluding hydrogens is 879 g/mol. The van der Waals surface area contributed by atoms with Gasteiger partial charge in [-0.2, -0.15) is 0 Å². The zero-order chi connectivity index (χ0) is 50.1. The second-order valence-corrected chi connectivity index (χ2v) is 24.4. The first-order valence-corrected chi connectivity index (χ1v) is 27.0.